The average Bonchev–Trinajstić information content (AvgIpc) is 2.53. The van der Waals surface area contributed by atoms with E-state index in [1.54, 1.807) is 0 Å². The fourth-order valence-electron chi connectivity index (χ4n) is 5.15. The summed E-state index contributed by atoms with van der Waals surface area (Å²) in [6, 6.07) is 0. The molecule has 2 unspecified atom stereocenters. The third-order valence-electron chi connectivity index (χ3n) is 5.42. The van der Waals surface area contributed by atoms with Crippen molar-refractivity contribution in [3.8, 4) is 0 Å². The summed E-state index contributed by atoms with van der Waals surface area (Å²) in [6.07, 6.45) is 4.94. The van der Waals surface area contributed by atoms with Gasteiger partial charge in [0.2, 0.25) is 0 Å². The van der Waals surface area contributed by atoms with Gasteiger partial charge in [-0.25, -0.2) is 14.8 Å². The van der Waals surface area contributed by atoms with Crippen molar-refractivity contribution in [3.05, 3.63) is 0 Å². The first kappa shape index (κ1) is 19.7. The van der Waals surface area contributed by atoms with Gasteiger partial charge in [0.15, 0.2) is 6.61 Å². The number of aliphatic hydroxyl groups is 1. The first-order valence-electron chi connectivity index (χ1n) is 8.24. The smallest absolute Gasteiger partial charge is 0.415 e. The minimum absolute atomic E-state index is 0.0747. The van der Waals surface area contributed by atoms with E-state index in [0.29, 0.717) is 18.3 Å². The number of esters is 2. The maximum Gasteiger partial charge on any atom is 0.415 e. The van der Waals surface area contributed by atoms with Crippen LogP contribution in [0.3, 0.4) is 0 Å². The highest BCUT2D eigenvalue weighted by atomic mass is 32.2. The number of halogens is 2. The number of ether oxygens (including phenoxy) is 2. The Morgan fingerprint density at radius 3 is 2.38 bits per heavy atom. The van der Waals surface area contributed by atoms with Crippen molar-refractivity contribution in [3.63, 3.8) is 0 Å². The first-order valence-corrected chi connectivity index (χ1v) is 8.98. The number of rotatable bonds is 8. The van der Waals surface area contributed by atoms with E-state index >= 15 is 0 Å². The predicted molar refractivity (Wildman–Crippen MR) is 81.3 cm³/mol. The second kappa shape index (κ2) is 7.19. The lowest BCUT2D eigenvalue weighted by molar-refractivity contribution is -0.433. The Labute approximate surface area is 152 Å². The van der Waals surface area contributed by atoms with Crippen molar-refractivity contribution >= 4 is 24.0 Å². The second-order valence-electron chi connectivity index (χ2n) is 7.66. The van der Waals surface area contributed by atoms with Gasteiger partial charge in [-0.2, -0.15) is 8.78 Å². The van der Waals surface area contributed by atoms with E-state index in [1.165, 1.54) is 0 Å². The Morgan fingerprint density at radius 1 is 1.15 bits per heavy atom. The van der Waals surface area contributed by atoms with Gasteiger partial charge in [-0.1, -0.05) is 5.04 Å². The van der Waals surface area contributed by atoms with Crippen LogP contribution in [0, 0.1) is 17.3 Å². The molecule has 2 atom stereocenters. The zero-order valence-corrected chi connectivity index (χ0v) is 14.6. The van der Waals surface area contributed by atoms with Crippen LogP contribution < -0.4 is 0 Å². The third-order valence-corrected chi connectivity index (χ3v) is 5.92. The summed E-state index contributed by atoms with van der Waals surface area (Å²) in [5, 5.41) is 17.3. The Hall–Kier alpha value is -1.01. The zero-order valence-electron chi connectivity index (χ0n) is 13.8. The van der Waals surface area contributed by atoms with Gasteiger partial charge in [0.1, 0.15) is 12.0 Å². The number of carbonyl (C=O) groups is 2. The van der Waals surface area contributed by atoms with Gasteiger partial charge in [0.05, 0.1) is 12.2 Å². The lowest BCUT2D eigenvalue weighted by Crippen LogP contribution is -2.57. The van der Waals surface area contributed by atoms with Crippen molar-refractivity contribution in [1.29, 1.82) is 0 Å². The zero-order chi connectivity index (χ0) is 19.0. The van der Waals surface area contributed by atoms with E-state index in [1.807, 2.05) is 0 Å². The number of hydrogen-bond donors (Lipinski definition) is 2. The SMILES string of the molecule is O=C(COC(=O)C(F)(F)SOOO)OCC12CC3CC(CC(O)(C3)C1)C2. The Kier molecular flexibility index (Phi) is 5.46. The highest BCUT2D eigenvalue weighted by molar-refractivity contribution is 7.96. The van der Waals surface area contributed by atoms with Crippen molar-refractivity contribution in [2.75, 3.05) is 13.2 Å². The highest BCUT2D eigenvalue weighted by Crippen LogP contribution is 2.61. The third kappa shape index (κ3) is 4.28. The molecule has 148 valence electrons. The van der Waals surface area contributed by atoms with Crippen molar-refractivity contribution in [2.24, 2.45) is 17.3 Å². The summed E-state index contributed by atoms with van der Waals surface area (Å²) >= 11 is -0.770. The molecule has 4 saturated carbocycles. The molecule has 4 fully saturated rings. The summed E-state index contributed by atoms with van der Waals surface area (Å²) in [5.41, 5.74) is -0.985. The van der Waals surface area contributed by atoms with E-state index in [2.05, 4.69) is 14.1 Å². The van der Waals surface area contributed by atoms with E-state index in [4.69, 9.17) is 9.99 Å². The summed E-state index contributed by atoms with van der Waals surface area (Å²) in [4.78, 5) is 22.9. The molecule has 0 aromatic heterocycles. The molecule has 0 radical (unpaired) electrons. The molecule has 0 heterocycles. The van der Waals surface area contributed by atoms with Crippen LogP contribution in [0.2, 0.25) is 0 Å². The van der Waals surface area contributed by atoms with E-state index in [-0.39, 0.29) is 12.0 Å². The molecule has 0 aliphatic heterocycles. The summed E-state index contributed by atoms with van der Waals surface area (Å²) in [6.45, 7) is -0.895. The molecule has 0 saturated heterocycles. The minimum Gasteiger partial charge on any atom is -0.463 e. The number of carbonyl (C=O) groups excluding carboxylic acids is 2. The molecular weight excluding hydrogens is 378 g/mol. The summed E-state index contributed by atoms with van der Waals surface area (Å²) in [7, 11) is 0. The van der Waals surface area contributed by atoms with Crippen LogP contribution in [-0.2, 0) is 28.4 Å². The summed E-state index contributed by atoms with van der Waals surface area (Å²) in [5.74, 6) is -2.13. The van der Waals surface area contributed by atoms with Crippen LogP contribution in [-0.4, -0.2) is 46.4 Å². The normalized spacial score (nSPS) is 35.4. The molecule has 8 nitrogen and oxygen atoms in total. The summed E-state index contributed by atoms with van der Waals surface area (Å²) < 4.78 is 39.2. The van der Waals surface area contributed by atoms with Gasteiger partial charge in [-0.3, -0.25) is 0 Å². The molecule has 2 N–H and O–H groups in total. The quantitative estimate of drug-likeness (QED) is 0.275. The van der Waals surface area contributed by atoms with Crippen LogP contribution in [0.4, 0.5) is 8.78 Å². The van der Waals surface area contributed by atoms with Crippen LogP contribution in [0.5, 0.6) is 0 Å². The molecule has 0 spiro atoms. The molecule has 0 amide bonds. The lowest BCUT2D eigenvalue weighted by Gasteiger charge is -2.59. The van der Waals surface area contributed by atoms with Gasteiger partial charge in [0, 0.05) is 5.41 Å². The van der Waals surface area contributed by atoms with Crippen LogP contribution in [0.25, 0.3) is 0 Å². The van der Waals surface area contributed by atoms with Gasteiger partial charge in [-0.15, -0.1) is 4.33 Å². The Balaban J connectivity index is 1.45. The van der Waals surface area contributed by atoms with Crippen LogP contribution in [0.1, 0.15) is 38.5 Å². The second-order valence-corrected chi connectivity index (χ2v) is 8.48. The highest BCUT2D eigenvalue weighted by Gasteiger charge is 2.57. The maximum atomic E-state index is 13.2. The maximum absolute atomic E-state index is 13.2. The Morgan fingerprint density at radius 2 is 1.81 bits per heavy atom. The molecule has 11 heteroatoms. The van der Waals surface area contributed by atoms with Crippen LogP contribution >= 0.6 is 12.0 Å². The van der Waals surface area contributed by atoms with Crippen molar-refractivity contribution in [2.45, 2.75) is 49.4 Å². The number of alkyl halides is 2. The van der Waals surface area contributed by atoms with E-state index < -0.39 is 41.4 Å². The van der Waals surface area contributed by atoms with Gasteiger partial charge >= 0.3 is 17.2 Å². The molecule has 4 bridgehead atoms. The van der Waals surface area contributed by atoms with Gasteiger partial charge in [0.25, 0.3) is 0 Å². The largest absolute Gasteiger partial charge is 0.463 e. The topological polar surface area (TPSA) is 112 Å². The van der Waals surface area contributed by atoms with E-state index in [0.717, 1.165) is 32.1 Å². The molecule has 4 aliphatic rings. The van der Waals surface area contributed by atoms with Gasteiger partial charge < -0.3 is 14.6 Å². The monoisotopic (exact) mass is 398 g/mol. The van der Waals surface area contributed by atoms with E-state index in [9.17, 15) is 23.5 Å². The lowest BCUT2D eigenvalue weighted by atomic mass is 9.48. The number of hydrogen-bond acceptors (Lipinski definition) is 9. The average molecular weight is 398 g/mol. The fraction of sp³-hybridized carbons (Fsp3) is 0.867. The minimum atomic E-state index is -4.16. The first-order chi connectivity index (χ1) is 12.2. The fourth-order valence-corrected chi connectivity index (χ4v) is 5.39. The standard InChI is InChI=1S/C15H20F2O8S/c16-15(17,26-25-24-21)12(19)22-6-11(18)23-8-13-2-9-1-10(3-13)5-14(20,4-9)7-13/h9-10,20-21H,1-8H2. The molecule has 4 rings (SSSR count). The van der Waals surface area contributed by atoms with Gasteiger partial charge in [-0.05, 0) is 50.4 Å². The molecule has 4 aliphatic carbocycles. The molecule has 0 aromatic rings. The molecule has 0 aromatic carbocycles. The predicted octanol–water partition coefficient (Wildman–Crippen LogP) is 2.07. The Bertz CT molecular complexity index is 558. The van der Waals surface area contributed by atoms with Crippen LogP contribution in [0.15, 0.2) is 0 Å². The van der Waals surface area contributed by atoms with Crippen molar-refractivity contribution in [1.82, 2.24) is 0 Å². The van der Waals surface area contributed by atoms with Crippen molar-refractivity contribution < 1.29 is 47.6 Å². The molecule has 26 heavy (non-hydrogen) atoms. The molecular formula is C15H20F2O8S.